The molecule has 2 aromatic carbocycles. The number of hydrogen-bond donors (Lipinski definition) is 1. The second-order valence-electron chi connectivity index (χ2n) is 10.3. The number of ether oxygens (including phenoxy) is 1. The van der Waals surface area contributed by atoms with Crippen LogP contribution in [0.1, 0.15) is 37.3 Å². The molecule has 1 saturated heterocycles. The van der Waals surface area contributed by atoms with Crippen molar-refractivity contribution in [2.24, 2.45) is 5.92 Å². The minimum atomic E-state index is -0.369. The fourth-order valence-electron chi connectivity index (χ4n) is 6.18. The van der Waals surface area contributed by atoms with Gasteiger partial charge in [0.05, 0.1) is 16.5 Å². The van der Waals surface area contributed by atoms with Crippen LogP contribution in [0, 0.1) is 5.92 Å². The first-order valence-corrected chi connectivity index (χ1v) is 13.4. The van der Waals surface area contributed by atoms with Gasteiger partial charge in [-0.1, -0.05) is 47.5 Å². The highest BCUT2D eigenvalue weighted by molar-refractivity contribution is 6.42. The fraction of sp³-hybridized carbons (Fsp3) is 0.448. The summed E-state index contributed by atoms with van der Waals surface area (Å²) in [4.78, 5) is 29.7. The third-order valence-electron chi connectivity index (χ3n) is 8.00. The fourth-order valence-corrected chi connectivity index (χ4v) is 6.50. The van der Waals surface area contributed by atoms with Crippen molar-refractivity contribution in [2.75, 3.05) is 26.7 Å². The molecule has 0 spiro atoms. The lowest BCUT2D eigenvalue weighted by atomic mass is 9.56. The Balaban J connectivity index is 1.67. The minimum Gasteiger partial charge on any atom is -0.508 e. The van der Waals surface area contributed by atoms with E-state index < -0.39 is 0 Å². The normalized spacial score (nSPS) is 25.7. The van der Waals surface area contributed by atoms with E-state index in [0.29, 0.717) is 22.9 Å². The first-order valence-electron chi connectivity index (χ1n) is 12.6. The maximum Gasteiger partial charge on any atom is 0.302 e. The summed E-state index contributed by atoms with van der Waals surface area (Å²) in [6, 6.07) is 12.5. The number of piperidine rings is 1. The molecule has 2 aromatic rings. The number of rotatable bonds is 7. The molecule has 1 unspecified atom stereocenters. The zero-order valence-corrected chi connectivity index (χ0v) is 22.8. The summed E-state index contributed by atoms with van der Waals surface area (Å²) >= 11 is 12.2. The Morgan fingerprint density at radius 1 is 1.24 bits per heavy atom. The van der Waals surface area contributed by atoms with E-state index in [-0.39, 0.29) is 47.5 Å². The van der Waals surface area contributed by atoms with Gasteiger partial charge in [-0.05, 0) is 54.8 Å². The minimum absolute atomic E-state index is 0.0155. The summed E-state index contributed by atoms with van der Waals surface area (Å²) in [7, 11) is 1.82. The predicted octanol–water partition coefficient (Wildman–Crippen LogP) is 5.24. The first-order chi connectivity index (χ1) is 17.6. The van der Waals surface area contributed by atoms with E-state index in [4.69, 9.17) is 27.9 Å². The van der Waals surface area contributed by atoms with E-state index >= 15 is 0 Å². The maximum absolute atomic E-state index is 13.4. The van der Waals surface area contributed by atoms with E-state index in [1.807, 2.05) is 37.4 Å². The molecule has 2 aliphatic rings. The van der Waals surface area contributed by atoms with E-state index in [1.54, 1.807) is 23.1 Å². The number of phenols is 1. The van der Waals surface area contributed by atoms with Crippen LogP contribution < -0.4 is 0 Å². The van der Waals surface area contributed by atoms with Crippen LogP contribution in [0.15, 0.2) is 55.1 Å². The van der Waals surface area contributed by atoms with Gasteiger partial charge in [-0.15, -0.1) is 6.58 Å². The number of hydrogen-bond acceptors (Lipinski definition) is 5. The van der Waals surface area contributed by atoms with Crippen molar-refractivity contribution in [3.8, 4) is 5.75 Å². The number of benzene rings is 2. The zero-order valence-electron chi connectivity index (χ0n) is 21.3. The highest BCUT2D eigenvalue weighted by Gasteiger charge is 2.54. The zero-order chi connectivity index (χ0) is 26.7. The first kappa shape index (κ1) is 27.5. The number of carbonyl (C=O) groups excluding carboxylic acids is 2. The second kappa shape index (κ2) is 11.5. The number of likely N-dealkylation sites (N-methyl/N-ethyl adjacent to an activating group) is 1. The average molecular weight is 546 g/mol. The number of halogens is 2. The molecule has 4 atom stereocenters. The SMILES string of the molecule is C=CCN1CC[C@@]2(c3cccc(O)c3)C[C@H](N(C)C(=O)Cc3ccc(Cl)c(Cl)c3)CC(OC(C)=O)[C@@H]2C1. The molecule has 1 aliphatic carbocycles. The van der Waals surface area contributed by atoms with E-state index in [1.165, 1.54) is 6.92 Å². The summed E-state index contributed by atoms with van der Waals surface area (Å²) in [5.41, 5.74) is 1.44. The molecule has 0 radical (unpaired) electrons. The number of nitrogens with zero attached hydrogens (tertiary/aromatic N) is 2. The summed E-state index contributed by atoms with van der Waals surface area (Å²) in [5, 5.41) is 11.2. The molecule has 1 amide bonds. The largest absolute Gasteiger partial charge is 0.508 e. The van der Waals surface area contributed by atoms with E-state index in [2.05, 4.69) is 11.5 Å². The van der Waals surface area contributed by atoms with Crippen molar-refractivity contribution in [3.63, 3.8) is 0 Å². The summed E-state index contributed by atoms with van der Waals surface area (Å²) in [6.07, 6.45) is 3.80. The van der Waals surface area contributed by atoms with Gasteiger partial charge in [0.2, 0.25) is 5.91 Å². The van der Waals surface area contributed by atoms with Gasteiger partial charge in [0.1, 0.15) is 11.9 Å². The monoisotopic (exact) mass is 544 g/mol. The van der Waals surface area contributed by atoms with Gasteiger partial charge in [-0.2, -0.15) is 0 Å². The molecule has 2 fully saturated rings. The molecule has 0 bridgehead atoms. The molecular formula is C29H34Cl2N2O4. The van der Waals surface area contributed by atoms with Gasteiger partial charge in [0.25, 0.3) is 0 Å². The summed E-state index contributed by atoms with van der Waals surface area (Å²) in [6.45, 7) is 7.67. The molecule has 1 saturated carbocycles. The predicted molar refractivity (Wildman–Crippen MR) is 146 cm³/mol. The maximum atomic E-state index is 13.4. The Bertz CT molecular complexity index is 1170. The Labute approximate surface area is 228 Å². The molecule has 198 valence electrons. The van der Waals surface area contributed by atoms with Crippen molar-refractivity contribution in [1.29, 1.82) is 0 Å². The second-order valence-corrected chi connectivity index (χ2v) is 11.1. The molecule has 6 nitrogen and oxygen atoms in total. The third kappa shape index (κ3) is 5.97. The van der Waals surface area contributed by atoms with Crippen LogP contribution in [0.5, 0.6) is 5.75 Å². The Morgan fingerprint density at radius 2 is 2.03 bits per heavy atom. The molecule has 8 heteroatoms. The molecule has 1 aliphatic heterocycles. The van der Waals surface area contributed by atoms with Gasteiger partial charge in [-0.3, -0.25) is 14.5 Å². The number of phenolic OH excluding ortho intramolecular Hbond substituents is 1. The van der Waals surface area contributed by atoms with Crippen LogP contribution in [-0.2, 0) is 26.2 Å². The quantitative estimate of drug-likeness (QED) is 0.381. The van der Waals surface area contributed by atoms with Gasteiger partial charge >= 0.3 is 5.97 Å². The van der Waals surface area contributed by atoms with Crippen molar-refractivity contribution in [1.82, 2.24) is 9.80 Å². The highest BCUT2D eigenvalue weighted by atomic mass is 35.5. The standard InChI is InChI=1S/C29H34Cl2N2O4/c1-4-11-33-12-10-29(21-6-5-7-23(35)15-21)17-22(16-27(24(29)18-33)37-19(2)34)32(3)28(36)14-20-8-9-25(30)26(31)13-20/h4-9,13,15,22,24,27,35H,1,10-12,14,16-18H2,2-3H3/t22-,24+,27?,29+/m1/s1. The van der Waals surface area contributed by atoms with Gasteiger partial charge in [0, 0.05) is 50.9 Å². The molecular weight excluding hydrogens is 511 g/mol. The molecule has 1 heterocycles. The number of aromatic hydroxyl groups is 1. The van der Waals surface area contributed by atoms with Gasteiger partial charge < -0.3 is 14.7 Å². The van der Waals surface area contributed by atoms with E-state index in [9.17, 15) is 14.7 Å². The van der Waals surface area contributed by atoms with Gasteiger partial charge in [-0.25, -0.2) is 0 Å². The van der Waals surface area contributed by atoms with Crippen LogP contribution >= 0.6 is 23.2 Å². The molecule has 4 rings (SSSR count). The molecule has 37 heavy (non-hydrogen) atoms. The number of likely N-dealkylation sites (tertiary alicyclic amines) is 1. The van der Waals surface area contributed by atoms with Crippen molar-refractivity contribution < 1.29 is 19.4 Å². The smallest absolute Gasteiger partial charge is 0.302 e. The Kier molecular flexibility index (Phi) is 8.52. The summed E-state index contributed by atoms with van der Waals surface area (Å²) in [5.74, 6) is -0.157. The average Bonchev–Trinajstić information content (AvgIpc) is 2.86. The van der Waals surface area contributed by atoms with Crippen LogP contribution in [0.2, 0.25) is 10.0 Å². The van der Waals surface area contributed by atoms with Crippen molar-refractivity contribution in [2.45, 2.75) is 50.2 Å². The van der Waals surface area contributed by atoms with Gasteiger partial charge in [0.15, 0.2) is 0 Å². The lowest BCUT2D eigenvalue weighted by Crippen LogP contribution is -2.61. The van der Waals surface area contributed by atoms with Crippen molar-refractivity contribution >= 4 is 35.1 Å². The number of amides is 1. The number of carbonyl (C=O) groups is 2. The van der Waals surface area contributed by atoms with Crippen LogP contribution in [-0.4, -0.2) is 65.6 Å². The van der Waals surface area contributed by atoms with E-state index in [0.717, 1.165) is 37.2 Å². The van der Waals surface area contributed by atoms with Crippen molar-refractivity contribution in [3.05, 3.63) is 76.3 Å². The highest BCUT2D eigenvalue weighted by Crippen LogP contribution is 2.51. The lowest BCUT2D eigenvalue weighted by molar-refractivity contribution is -0.160. The molecule has 1 N–H and O–H groups in total. The van der Waals surface area contributed by atoms with Crippen LogP contribution in [0.3, 0.4) is 0 Å². The third-order valence-corrected chi connectivity index (χ3v) is 8.74. The summed E-state index contributed by atoms with van der Waals surface area (Å²) < 4.78 is 5.95. The Hall–Kier alpha value is -2.54. The topological polar surface area (TPSA) is 70.1 Å². The van der Waals surface area contributed by atoms with Crippen LogP contribution in [0.25, 0.3) is 0 Å². The number of esters is 1. The number of fused-ring (bicyclic) bond motifs is 1. The Morgan fingerprint density at radius 3 is 2.70 bits per heavy atom. The molecule has 0 aromatic heterocycles. The lowest BCUT2D eigenvalue weighted by Gasteiger charge is -2.56. The van der Waals surface area contributed by atoms with Crippen LogP contribution in [0.4, 0.5) is 0 Å².